The second-order valence-electron chi connectivity index (χ2n) is 7.82. The van der Waals surface area contributed by atoms with Gasteiger partial charge in [0.05, 0.1) is 12.2 Å². The minimum atomic E-state index is 0.0845. The van der Waals surface area contributed by atoms with Gasteiger partial charge in [-0.25, -0.2) is 9.97 Å². The molecule has 0 aliphatic carbocycles. The van der Waals surface area contributed by atoms with Crippen molar-refractivity contribution in [2.75, 3.05) is 20.1 Å². The van der Waals surface area contributed by atoms with Gasteiger partial charge in [-0.1, -0.05) is 19.3 Å². The lowest BCUT2D eigenvalue weighted by molar-refractivity contribution is 0.0735. The number of nitrogens with zero attached hydrogens (tertiary/aromatic N) is 6. The molecule has 0 unspecified atom stereocenters. The zero-order chi connectivity index (χ0) is 20.2. The Kier molecular flexibility index (Phi) is 6.30. The van der Waals surface area contributed by atoms with Crippen LogP contribution in [0.2, 0.25) is 0 Å². The summed E-state index contributed by atoms with van der Waals surface area (Å²) >= 11 is 1.58. The molecule has 3 aromatic rings. The SMILES string of the molecule is CCn1ccnc1CN(C)Cc1c(C(=O)N2CCCCCCC2)nc2sccn12. The van der Waals surface area contributed by atoms with E-state index in [2.05, 4.69) is 32.8 Å². The molecule has 0 bridgehead atoms. The van der Waals surface area contributed by atoms with Crippen molar-refractivity contribution >= 4 is 22.2 Å². The van der Waals surface area contributed by atoms with Gasteiger partial charge in [0.25, 0.3) is 5.91 Å². The summed E-state index contributed by atoms with van der Waals surface area (Å²) in [5, 5.41) is 2.03. The van der Waals surface area contributed by atoms with E-state index in [0.29, 0.717) is 12.2 Å². The third-order valence-electron chi connectivity index (χ3n) is 5.68. The first-order valence-corrected chi connectivity index (χ1v) is 11.5. The lowest BCUT2D eigenvalue weighted by Gasteiger charge is -2.25. The van der Waals surface area contributed by atoms with Crippen LogP contribution in [-0.4, -0.2) is 54.8 Å². The van der Waals surface area contributed by atoms with E-state index >= 15 is 0 Å². The normalized spacial score (nSPS) is 15.8. The van der Waals surface area contributed by atoms with Crippen molar-refractivity contribution in [2.24, 2.45) is 0 Å². The number of imidazole rings is 2. The van der Waals surface area contributed by atoms with Crippen LogP contribution in [0.4, 0.5) is 0 Å². The minimum absolute atomic E-state index is 0.0845. The second-order valence-corrected chi connectivity index (χ2v) is 8.70. The van der Waals surface area contributed by atoms with Crippen LogP contribution in [0.15, 0.2) is 24.0 Å². The van der Waals surface area contributed by atoms with E-state index in [4.69, 9.17) is 4.98 Å². The lowest BCUT2D eigenvalue weighted by Crippen LogP contribution is -2.35. The number of carbonyl (C=O) groups excluding carboxylic acids is 1. The molecular weight excluding hydrogens is 384 g/mol. The molecule has 4 heterocycles. The van der Waals surface area contributed by atoms with Crippen LogP contribution in [-0.2, 0) is 19.6 Å². The molecule has 3 aromatic heterocycles. The molecule has 8 heteroatoms. The standard InChI is InChI=1S/C21H30N6OS/c1-3-25-12-9-22-18(25)16-24(2)15-17-19(23-21-27(17)13-14-29-21)20(28)26-10-7-5-4-6-8-11-26/h9,12-14H,3-8,10-11,15-16H2,1-2H3. The third kappa shape index (κ3) is 4.38. The van der Waals surface area contributed by atoms with Crippen molar-refractivity contribution < 1.29 is 4.79 Å². The van der Waals surface area contributed by atoms with Gasteiger partial charge in [-0.15, -0.1) is 11.3 Å². The zero-order valence-corrected chi connectivity index (χ0v) is 18.2. The Labute approximate surface area is 176 Å². The largest absolute Gasteiger partial charge is 0.337 e. The van der Waals surface area contributed by atoms with Gasteiger partial charge < -0.3 is 9.47 Å². The highest BCUT2D eigenvalue weighted by atomic mass is 32.1. The molecule has 0 aromatic carbocycles. The molecular formula is C21H30N6OS. The molecule has 7 nitrogen and oxygen atoms in total. The summed E-state index contributed by atoms with van der Waals surface area (Å²) in [5.41, 5.74) is 1.59. The first kappa shape index (κ1) is 20.1. The Morgan fingerprint density at radius 1 is 1.14 bits per heavy atom. The molecule has 0 spiro atoms. The average molecular weight is 415 g/mol. The van der Waals surface area contributed by atoms with Crippen molar-refractivity contribution in [3.05, 3.63) is 41.2 Å². The monoisotopic (exact) mass is 414 g/mol. The Morgan fingerprint density at radius 2 is 1.90 bits per heavy atom. The molecule has 1 amide bonds. The number of fused-ring (bicyclic) bond motifs is 1. The Morgan fingerprint density at radius 3 is 2.66 bits per heavy atom. The minimum Gasteiger partial charge on any atom is -0.337 e. The summed E-state index contributed by atoms with van der Waals surface area (Å²) in [7, 11) is 2.07. The van der Waals surface area contributed by atoms with Gasteiger partial charge in [0.15, 0.2) is 10.7 Å². The Balaban J connectivity index is 1.56. The van der Waals surface area contributed by atoms with E-state index in [1.54, 1.807) is 11.3 Å². The van der Waals surface area contributed by atoms with Crippen LogP contribution < -0.4 is 0 Å². The highest BCUT2D eigenvalue weighted by molar-refractivity contribution is 7.15. The molecule has 1 fully saturated rings. The van der Waals surface area contributed by atoms with Gasteiger partial charge in [-0.2, -0.15) is 0 Å². The number of rotatable bonds is 6. The molecule has 0 atom stereocenters. The van der Waals surface area contributed by atoms with E-state index in [1.807, 2.05) is 28.9 Å². The van der Waals surface area contributed by atoms with Crippen molar-refractivity contribution in [1.29, 1.82) is 0 Å². The maximum atomic E-state index is 13.4. The fourth-order valence-electron chi connectivity index (χ4n) is 4.09. The summed E-state index contributed by atoms with van der Waals surface area (Å²) in [4.78, 5) is 27.7. The summed E-state index contributed by atoms with van der Waals surface area (Å²) < 4.78 is 4.23. The second kappa shape index (κ2) is 9.09. The number of amides is 1. The van der Waals surface area contributed by atoms with Crippen LogP contribution in [0.3, 0.4) is 0 Å². The molecule has 156 valence electrons. The van der Waals surface area contributed by atoms with Gasteiger partial charge in [0.2, 0.25) is 0 Å². The molecule has 0 N–H and O–H groups in total. The highest BCUT2D eigenvalue weighted by Gasteiger charge is 2.25. The van der Waals surface area contributed by atoms with Crippen LogP contribution in [0.25, 0.3) is 4.96 Å². The summed E-state index contributed by atoms with van der Waals surface area (Å²) in [6.45, 7) is 6.10. The number of aryl methyl sites for hydroxylation is 1. The van der Waals surface area contributed by atoms with Crippen LogP contribution >= 0.6 is 11.3 Å². The van der Waals surface area contributed by atoms with Gasteiger partial charge >= 0.3 is 0 Å². The Hall–Kier alpha value is -2.19. The van der Waals surface area contributed by atoms with Crippen LogP contribution in [0.1, 0.15) is 61.0 Å². The number of hydrogen-bond acceptors (Lipinski definition) is 5. The topological polar surface area (TPSA) is 58.7 Å². The van der Waals surface area contributed by atoms with E-state index in [0.717, 1.165) is 55.5 Å². The number of likely N-dealkylation sites (tertiary alicyclic amines) is 1. The zero-order valence-electron chi connectivity index (χ0n) is 17.4. The first-order chi connectivity index (χ1) is 14.2. The highest BCUT2D eigenvalue weighted by Crippen LogP contribution is 2.22. The predicted octanol–water partition coefficient (Wildman–Crippen LogP) is 3.65. The number of thiazole rings is 1. The van der Waals surface area contributed by atoms with E-state index < -0.39 is 0 Å². The molecule has 0 saturated carbocycles. The number of carbonyl (C=O) groups is 1. The summed E-state index contributed by atoms with van der Waals surface area (Å²) in [5.74, 6) is 1.12. The van der Waals surface area contributed by atoms with E-state index in [1.165, 1.54) is 19.3 Å². The molecule has 0 radical (unpaired) electrons. The summed E-state index contributed by atoms with van der Waals surface area (Å²) in [6, 6.07) is 0. The number of hydrogen-bond donors (Lipinski definition) is 0. The van der Waals surface area contributed by atoms with Crippen molar-refractivity contribution in [1.82, 2.24) is 28.7 Å². The predicted molar refractivity (Wildman–Crippen MR) is 115 cm³/mol. The average Bonchev–Trinajstić information content (AvgIpc) is 3.38. The van der Waals surface area contributed by atoms with Gasteiger partial charge in [-0.05, 0) is 26.8 Å². The quantitative estimate of drug-likeness (QED) is 0.618. The van der Waals surface area contributed by atoms with Crippen molar-refractivity contribution in [3.63, 3.8) is 0 Å². The van der Waals surface area contributed by atoms with E-state index in [9.17, 15) is 4.79 Å². The Bertz CT molecular complexity index is 950. The fourth-order valence-corrected chi connectivity index (χ4v) is 4.82. The van der Waals surface area contributed by atoms with Crippen molar-refractivity contribution in [3.8, 4) is 0 Å². The van der Waals surface area contributed by atoms with Gasteiger partial charge in [-0.3, -0.25) is 14.1 Å². The smallest absolute Gasteiger partial charge is 0.274 e. The van der Waals surface area contributed by atoms with Crippen molar-refractivity contribution in [2.45, 2.75) is 58.7 Å². The third-order valence-corrected chi connectivity index (χ3v) is 6.44. The van der Waals surface area contributed by atoms with Crippen LogP contribution in [0, 0.1) is 0 Å². The first-order valence-electron chi connectivity index (χ1n) is 10.6. The lowest BCUT2D eigenvalue weighted by atomic mass is 10.1. The maximum absolute atomic E-state index is 13.4. The van der Waals surface area contributed by atoms with Gasteiger partial charge in [0.1, 0.15) is 5.82 Å². The van der Waals surface area contributed by atoms with E-state index in [-0.39, 0.29) is 5.91 Å². The molecule has 1 aliphatic heterocycles. The summed E-state index contributed by atoms with van der Waals surface area (Å²) in [6.07, 6.45) is 11.8. The van der Waals surface area contributed by atoms with Gasteiger partial charge in [0, 0.05) is 50.1 Å². The molecule has 1 aliphatic rings. The fraction of sp³-hybridized carbons (Fsp3) is 0.571. The molecule has 4 rings (SSSR count). The number of aromatic nitrogens is 4. The molecule has 1 saturated heterocycles. The van der Waals surface area contributed by atoms with Crippen LogP contribution in [0.5, 0.6) is 0 Å². The molecule has 29 heavy (non-hydrogen) atoms. The maximum Gasteiger partial charge on any atom is 0.274 e.